The molecule has 2 amide bonds. The average molecular weight is 527 g/mol. The Bertz CT molecular complexity index is 1250. The lowest BCUT2D eigenvalue weighted by atomic mass is 10.0. The summed E-state index contributed by atoms with van der Waals surface area (Å²) < 4.78 is 10.9. The molecule has 2 N–H and O–H groups in total. The van der Waals surface area contributed by atoms with Crippen LogP contribution in [-0.2, 0) is 15.3 Å². The van der Waals surface area contributed by atoms with Crippen LogP contribution in [0.15, 0.2) is 62.4 Å². The molecule has 0 spiro atoms. The van der Waals surface area contributed by atoms with Crippen LogP contribution in [0.4, 0.5) is 0 Å². The Balaban J connectivity index is 1.69. The van der Waals surface area contributed by atoms with Crippen LogP contribution in [-0.4, -0.2) is 35.4 Å². The number of furan rings is 1. The van der Waals surface area contributed by atoms with E-state index in [2.05, 4.69) is 10.6 Å². The molecule has 8 nitrogen and oxygen atoms in total. The summed E-state index contributed by atoms with van der Waals surface area (Å²) in [5.74, 6) is 0.339. The Morgan fingerprint density at radius 1 is 1.03 bits per heavy atom. The molecule has 0 radical (unpaired) electrons. The minimum atomic E-state index is -0.892. The van der Waals surface area contributed by atoms with Gasteiger partial charge in [0.2, 0.25) is 5.91 Å². The highest BCUT2D eigenvalue weighted by molar-refractivity contribution is 7.99. The first kappa shape index (κ1) is 28.2. The molecular formula is C28H34N2O6S. The smallest absolute Gasteiger partial charge is 0.287 e. The molecular weight excluding hydrogens is 492 g/mol. The number of ketones is 1. The molecule has 198 valence electrons. The van der Waals surface area contributed by atoms with Crippen LogP contribution in [0.2, 0.25) is 0 Å². The number of thioether (sulfide) groups is 1. The van der Waals surface area contributed by atoms with Crippen molar-refractivity contribution < 1.29 is 23.2 Å². The zero-order chi connectivity index (χ0) is 26.8. The second-order valence-electron chi connectivity index (χ2n) is 9.37. The van der Waals surface area contributed by atoms with Crippen molar-refractivity contribution in [1.29, 1.82) is 0 Å². The summed E-state index contributed by atoms with van der Waals surface area (Å²) in [5, 5.41) is 5.95. The molecule has 0 aliphatic carbocycles. The molecule has 0 saturated heterocycles. The van der Waals surface area contributed by atoms with Gasteiger partial charge in [-0.2, -0.15) is 0 Å². The lowest BCUT2D eigenvalue weighted by Crippen LogP contribution is -2.52. The zero-order valence-electron chi connectivity index (χ0n) is 21.5. The van der Waals surface area contributed by atoms with Crippen molar-refractivity contribution in [3.63, 3.8) is 0 Å². The Labute approximate surface area is 220 Å². The Morgan fingerprint density at radius 3 is 2.51 bits per heavy atom. The Kier molecular flexibility index (Phi) is 10.6. The van der Waals surface area contributed by atoms with E-state index in [9.17, 15) is 19.2 Å². The molecule has 0 saturated carbocycles. The fourth-order valence-electron chi connectivity index (χ4n) is 3.89. The molecule has 1 aromatic carbocycles. The van der Waals surface area contributed by atoms with Gasteiger partial charge in [0.05, 0.1) is 29.2 Å². The second kappa shape index (κ2) is 13.8. The minimum Gasteiger partial charge on any atom is -0.468 e. The van der Waals surface area contributed by atoms with Crippen LogP contribution in [0.25, 0.3) is 11.0 Å². The number of hydrogen-bond acceptors (Lipinski definition) is 7. The van der Waals surface area contributed by atoms with Crippen LogP contribution < -0.4 is 16.1 Å². The van der Waals surface area contributed by atoms with Crippen molar-refractivity contribution in [2.45, 2.75) is 64.3 Å². The van der Waals surface area contributed by atoms with E-state index < -0.39 is 23.9 Å². The van der Waals surface area contributed by atoms with E-state index in [0.717, 1.165) is 24.7 Å². The number of Topliss-reactive ketones (excluding diaryl/α,β-unsaturated/α-hetero) is 1. The number of hydrogen-bond donors (Lipinski definition) is 2. The normalized spacial score (nSPS) is 12.9. The summed E-state index contributed by atoms with van der Waals surface area (Å²) in [5.41, 5.74) is -0.0450. The quantitative estimate of drug-likeness (QED) is 0.312. The first-order chi connectivity index (χ1) is 17.8. The van der Waals surface area contributed by atoms with E-state index in [1.807, 2.05) is 26.8 Å². The van der Waals surface area contributed by atoms with Crippen LogP contribution in [0, 0.1) is 5.92 Å². The molecule has 2 aromatic heterocycles. The zero-order valence-corrected chi connectivity index (χ0v) is 22.3. The number of amides is 2. The fourth-order valence-corrected chi connectivity index (χ4v) is 4.76. The number of benzene rings is 1. The van der Waals surface area contributed by atoms with Gasteiger partial charge in [0.25, 0.3) is 5.91 Å². The van der Waals surface area contributed by atoms with E-state index in [-0.39, 0.29) is 28.6 Å². The number of carbonyl (C=O) groups excluding carboxylic acids is 3. The molecule has 0 fully saturated rings. The summed E-state index contributed by atoms with van der Waals surface area (Å²) in [6.45, 7) is 5.90. The van der Waals surface area contributed by atoms with Crippen LogP contribution in [0.5, 0.6) is 0 Å². The predicted molar refractivity (Wildman–Crippen MR) is 145 cm³/mol. The van der Waals surface area contributed by atoms with E-state index in [1.54, 1.807) is 36.6 Å². The van der Waals surface area contributed by atoms with Gasteiger partial charge in [-0.05, 0) is 43.0 Å². The molecule has 3 aromatic rings. The van der Waals surface area contributed by atoms with Gasteiger partial charge in [0.1, 0.15) is 17.4 Å². The van der Waals surface area contributed by atoms with Gasteiger partial charge in [-0.3, -0.25) is 19.2 Å². The fraction of sp³-hybridized carbons (Fsp3) is 0.429. The molecule has 2 atom stereocenters. The highest BCUT2D eigenvalue weighted by Gasteiger charge is 2.28. The molecule has 9 heteroatoms. The summed E-state index contributed by atoms with van der Waals surface area (Å²) >= 11 is 1.43. The molecule has 0 bridgehead atoms. The number of carbonyl (C=O) groups is 3. The molecule has 37 heavy (non-hydrogen) atoms. The summed E-state index contributed by atoms with van der Waals surface area (Å²) in [7, 11) is 0. The predicted octanol–water partition coefficient (Wildman–Crippen LogP) is 4.71. The summed E-state index contributed by atoms with van der Waals surface area (Å²) in [6, 6.07) is 9.90. The van der Waals surface area contributed by atoms with E-state index >= 15 is 0 Å². The van der Waals surface area contributed by atoms with Gasteiger partial charge in [-0.15, -0.1) is 11.8 Å². The lowest BCUT2D eigenvalue weighted by molar-refractivity contribution is -0.128. The van der Waals surface area contributed by atoms with E-state index in [4.69, 9.17) is 8.83 Å². The van der Waals surface area contributed by atoms with Crippen molar-refractivity contribution in [1.82, 2.24) is 10.6 Å². The van der Waals surface area contributed by atoms with Crippen molar-refractivity contribution >= 4 is 40.3 Å². The Hall–Kier alpha value is -3.33. The van der Waals surface area contributed by atoms with Gasteiger partial charge in [0.15, 0.2) is 17.0 Å². The largest absolute Gasteiger partial charge is 0.468 e. The topological polar surface area (TPSA) is 119 Å². The average Bonchev–Trinajstić information content (AvgIpc) is 3.39. The minimum absolute atomic E-state index is 0.0755. The van der Waals surface area contributed by atoms with E-state index in [0.29, 0.717) is 29.6 Å². The first-order valence-corrected chi connectivity index (χ1v) is 13.7. The van der Waals surface area contributed by atoms with Gasteiger partial charge in [0, 0.05) is 6.07 Å². The lowest BCUT2D eigenvalue weighted by Gasteiger charge is -2.24. The maximum absolute atomic E-state index is 13.3. The maximum atomic E-state index is 13.3. The van der Waals surface area contributed by atoms with Gasteiger partial charge in [-0.1, -0.05) is 45.7 Å². The highest BCUT2D eigenvalue weighted by atomic mass is 32.2. The first-order valence-electron chi connectivity index (χ1n) is 12.6. The third-order valence-electron chi connectivity index (χ3n) is 5.81. The Morgan fingerprint density at radius 2 is 1.81 bits per heavy atom. The third kappa shape index (κ3) is 8.35. The number of nitrogens with one attached hydrogen (secondary N) is 2. The summed E-state index contributed by atoms with van der Waals surface area (Å²) in [6.07, 6.45) is 4.13. The SMILES string of the molecule is CCCCC(NC(=O)C(CC(C)C)NC(=O)c1cc(=O)c2ccccc2o1)C(=O)CSCc1ccco1. The van der Waals surface area contributed by atoms with Crippen LogP contribution in [0.1, 0.15) is 62.8 Å². The van der Waals surface area contributed by atoms with Gasteiger partial charge >= 0.3 is 0 Å². The van der Waals surface area contributed by atoms with Crippen LogP contribution in [0.3, 0.4) is 0 Å². The molecule has 0 aliphatic heterocycles. The summed E-state index contributed by atoms with van der Waals surface area (Å²) in [4.78, 5) is 51.6. The maximum Gasteiger partial charge on any atom is 0.287 e. The monoisotopic (exact) mass is 526 g/mol. The molecule has 2 unspecified atom stereocenters. The third-order valence-corrected chi connectivity index (χ3v) is 6.78. The molecule has 2 heterocycles. The molecule has 3 rings (SSSR count). The number of unbranched alkanes of at least 4 members (excludes halogenated alkanes) is 1. The number of para-hydroxylation sites is 1. The number of fused-ring (bicyclic) bond motifs is 1. The van der Waals surface area contributed by atoms with Crippen molar-refractivity contribution in [2.75, 3.05) is 5.75 Å². The number of rotatable bonds is 14. The van der Waals surface area contributed by atoms with Gasteiger partial charge < -0.3 is 19.5 Å². The second-order valence-corrected chi connectivity index (χ2v) is 10.4. The van der Waals surface area contributed by atoms with Crippen LogP contribution >= 0.6 is 11.8 Å². The van der Waals surface area contributed by atoms with Crippen molar-refractivity contribution in [2.24, 2.45) is 5.92 Å². The standard InChI is InChI=1S/C28H34N2O6S/c1-4-5-11-21(24(32)17-37-16-19-9-8-13-35-19)29-27(33)22(14-18(2)3)30-28(34)26-15-23(31)20-10-6-7-12-25(20)36-26/h6-10,12-13,15,18,21-22H,4-5,11,14,16-17H2,1-3H3,(H,29,33)(H,30,34). The van der Waals surface area contributed by atoms with Crippen molar-refractivity contribution in [3.05, 3.63) is 70.5 Å². The van der Waals surface area contributed by atoms with Crippen molar-refractivity contribution in [3.8, 4) is 0 Å². The van der Waals surface area contributed by atoms with Gasteiger partial charge in [-0.25, -0.2) is 0 Å². The van der Waals surface area contributed by atoms with E-state index in [1.165, 1.54) is 11.8 Å². The highest BCUT2D eigenvalue weighted by Crippen LogP contribution is 2.16. The molecule has 0 aliphatic rings.